The fourth-order valence-electron chi connectivity index (χ4n) is 0.685. The third-order valence-electron chi connectivity index (χ3n) is 1.31. The van der Waals surface area contributed by atoms with Gasteiger partial charge in [-0.2, -0.15) is 0 Å². The molecule has 1 nitrogen and oxygen atoms in total. The van der Waals surface area contributed by atoms with Gasteiger partial charge in [-0.15, -0.1) is 0 Å². The molecule has 0 spiro atoms. The maximum Gasteiger partial charge on any atom is 0.0836 e. The molecular formula is C9H18O. The Bertz CT molecular complexity index is 44.7. The van der Waals surface area contributed by atoms with E-state index in [1.165, 1.54) is 19.3 Å². The zero-order valence-electron chi connectivity index (χ0n) is 6.94. The second kappa shape index (κ2) is 8.96. The van der Waals surface area contributed by atoms with E-state index in [-0.39, 0.29) is 0 Å². The molecule has 0 unspecified atom stereocenters. The van der Waals surface area contributed by atoms with Crippen LogP contribution < -0.4 is 0 Å². The van der Waals surface area contributed by atoms with Crippen molar-refractivity contribution in [2.45, 2.75) is 39.0 Å². The summed E-state index contributed by atoms with van der Waals surface area (Å²) in [5, 5.41) is 0. The first-order valence-corrected chi connectivity index (χ1v) is 4.14. The molecule has 0 fully saturated rings. The van der Waals surface area contributed by atoms with E-state index in [1.54, 1.807) is 0 Å². The summed E-state index contributed by atoms with van der Waals surface area (Å²) < 4.78 is 5.21. The number of ether oxygens (including phenoxy) is 1. The van der Waals surface area contributed by atoms with Crippen molar-refractivity contribution in [3.63, 3.8) is 0 Å². The van der Waals surface area contributed by atoms with Gasteiger partial charge in [-0.3, -0.25) is 0 Å². The number of unbranched alkanes of at least 4 members (excludes halogenated alkanes) is 3. The predicted molar refractivity (Wildman–Crippen MR) is 44.4 cm³/mol. The largest absolute Gasteiger partial charge is 0.376 e. The summed E-state index contributed by atoms with van der Waals surface area (Å²) in [5.41, 5.74) is 0. The SMILES string of the molecule is [CH2]CC[CH]OCCCCC. The number of rotatable bonds is 7. The van der Waals surface area contributed by atoms with Crippen LogP contribution in [0.5, 0.6) is 0 Å². The molecule has 0 bridgehead atoms. The van der Waals surface area contributed by atoms with E-state index in [4.69, 9.17) is 4.74 Å². The Morgan fingerprint density at radius 2 is 2.20 bits per heavy atom. The first kappa shape index (κ1) is 9.96. The fourth-order valence-corrected chi connectivity index (χ4v) is 0.685. The molecule has 0 aromatic rings. The summed E-state index contributed by atoms with van der Waals surface area (Å²) in [6.07, 6.45) is 5.64. The topological polar surface area (TPSA) is 9.23 Å². The highest BCUT2D eigenvalue weighted by molar-refractivity contribution is 4.51. The zero-order chi connectivity index (χ0) is 7.66. The van der Waals surface area contributed by atoms with Gasteiger partial charge in [-0.05, 0) is 12.8 Å². The van der Waals surface area contributed by atoms with Crippen molar-refractivity contribution in [2.75, 3.05) is 6.61 Å². The molecule has 0 aliphatic rings. The highest BCUT2D eigenvalue weighted by Crippen LogP contribution is 1.98. The lowest BCUT2D eigenvalue weighted by atomic mass is 10.3. The van der Waals surface area contributed by atoms with Gasteiger partial charge in [0.1, 0.15) is 0 Å². The van der Waals surface area contributed by atoms with Crippen LogP contribution in [0, 0.1) is 13.5 Å². The Kier molecular flexibility index (Phi) is 8.92. The van der Waals surface area contributed by atoms with E-state index in [9.17, 15) is 0 Å². The molecule has 0 aliphatic carbocycles. The lowest BCUT2D eigenvalue weighted by Crippen LogP contribution is -1.90. The Morgan fingerprint density at radius 3 is 2.80 bits per heavy atom. The minimum absolute atomic E-state index is 0.883. The summed E-state index contributed by atoms with van der Waals surface area (Å²) in [6.45, 7) is 8.65. The van der Waals surface area contributed by atoms with Gasteiger partial charge in [-0.25, -0.2) is 0 Å². The van der Waals surface area contributed by atoms with Crippen molar-refractivity contribution in [3.05, 3.63) is 13.5 Å². The van der Waals surface area contributed by atoms with Gasteiger partial charge in [0.05, 0.1) is 6.61 Å². The second-order valence-corrected chi connectivity index (χ2v) is 2.39. The van der Waals surface area contributed by atoms with E-state index in [0.29, 0.717) is 0 Å². The predicted octanol–water partition coefficient (Wildman–Crippen LogP) is 2.97. The summed E-state index contributed by atoms with van der Waals surface area (Å²) in [5.74, 6) is 0. The fraction of sp³-hybridized carbons (Fsp3) is 0.778. The van der Waals surface area contributed by atoms with E-state index < -0.39 is 0 Å². The molecule has 0 atom stereocenters. The quantitative estimate of drug-likeness (QED) is 0.496. The molecule has 0 aliphatic heterocycles. The number of hydrogen-bond donors (Lipinski definition) is 0. The third-order valence-corrected chi connectivity index (χ3v) is 1.31. The normalized spacial score (nSPS) is 10.2. The Morgan fingerprint density at radius 1 is 1.40 bits per heavy atom. The lowest BCUT2D eigenvalue weighted by molar-refractivity contribution is 0.186. The van der Waals surface area contributed by atoms with Gasteiger partial charge in [0.2, 0.25) is 0 Å². The molecule has 1 heteroatoms. The Hall–Kier alpha value is -0.0400. The van der Waals surface area contributed by atoms with Gasteiger partial charge in [0.15, 0.2) is 0 Å². The molecule has 0 N–H and O–H groups in total. The van der Waals surface area contributed by atoms with Gasteiger partial charge in [-0.1, -0.05) is 33.1 Å². The average Bonchev–Trinajstić information content (AvgIpc) is 1.97. The molecule has 0 amide bonds. The van der Waals surface area contributed by atoms with E-state index >= 15 is 0 Å². The number of hydrogen-bond acceptors (Lipinski definition) is 1. The van der Waals surface area contributed by atoms with Crippen molar-refractivity contribution < 1.29 is 4.74 Å². The smallest absolute Gasteiger partial charge is 0.0836 e. The molecule has 0 heterocycles. The van der Waals surface area contributed by atoms with Gasteiger partial charge < -0.3 is 4.74 Å². The summed E-state index contributed by atoms with van der Waals surface area (Å²) >= 11 is 0. The minimum Gasteiger partial charge on any atom is -0.376 e. The summed E-state index contributed by atoms with van der Waals surface area (Å²) in [6, 6.07) is 0. The van der Waals surface area contributed by atoms with E-state index in [1.807, 2.05) is 6.61 Å². The Balaban J connectivity index is 2.65. The van der Waals surface area contributed by atoms with Crippen LogP contribution in [0.3, 0.4) is 0 Å². The average molecular weight is 142 g/mol. The zero-order valence-corrected chi connectivity index (χ0v) is 6.94. The molecule has 0 aromatic heterocycles. The maximum absolute atomic E-state index is 5.21. The summed E-state index contributed by atoms with van der Waals surface area (Å²) in [7, 11) is 0. The van der Waals surface area contributed by atoms with Crippen LogP contribution >= 0.6 is 0 Å². The van der Waals surface area contributed by atoms with Gasteiger partial charge in [0.25, 0.3) is 0 Å². The highest BCUT2D eigenvalue weighted by atomic mass is 16.5. The van der Waals surface area contributed by atoms with Crippen LogP contribution in [0.4, 0.5) is 0 Å². The maximum atomic E-state index is 5.21. The first-order chi connectivity index (χ1) is 4.91. The second-order valence-electron chi connectivity index (χ2n) is 2.39. The van der Waals surface area contributed by atoms with E-state index in [2.05, 4.69) is 13.8 Å². The van der Waals surface area contributed by atoms with Gasteiger partial charge >= 0.3 is 0 Å². The van der Waals surface area contributed by atoms with Crippen LogP contribution in [0.15, 0.2) is 0 Å². The molecule has 2 radical (unpaired) electrons. The minimum atomic E-state index is 0.883. The lowest BCUT2D eigenvalue weighted by Gasteiger charge is -1.99. The van der Waals surface area contributed by atoms with Crippen LogP contribution in [0.25, 0.3) is 0 Å². The molecule has 0 saturated carbocycles. The standard InChI is InChI=1S/C9H18O/c1-3-5-7-9-10-8-6-4-2/h8H,2-7,9H2,1H3. The Labute approximate surface area is 64.8 Å². The van der Waals surface area contributed by atoms with E-state index in [0.717, 1.165) is 19.4 Å². The molecule has 0 aromatic carbocycles. The molecule has 0 saturated heterocycles. The van der Waals surface area contributed by atoms with Crippen molar-refractivity contribution in [3.8, 4) is 0 Å². The summed E-state index contributed by atoms with van der Waals surface area (Å²) in [4.78, 5) is 0. The van der Waals surface area contributed by atoms with Crippen molar-refractivity contribution in [2.24, 2.45) is 0 Å². The van der Waals surface area contributed by atoms with Crippen LogP contribution in [-0.2, 0) is 4.74 Å². The van der Waals surface area contributed by atoms with Crippen LogP contribution in [0.1, 0.15) is 39.0 Å². The van der Waals surface area contributed by atoms with Crippen molar-refractivity contribution in [1.82, 2.24) is 0 Å². The molecular weight excluding hydrogens is 124 g/mol. The molecule has 0 rings (SSSR count). The molecule has 10 heavy (non-hydrogen) atoms. The third kappa shape index (κ3) is 7.96. The van der Waals surface area contributed by atoms with Gasteiger partial charge in [0, 0.05) is 6.61 Å². The van der Waals surface area contributed by atoms with Crippen LogP contribution in [0.2, 0.25) is 0 Å². The highest BCUT2D eigenvalue weighted by Gasteiger charge is 1.87. The van der Waals surface area contributed by atoms with Crippen LogP contribution in [-0.4, -0.2) is 6.61 Å². The first-order valence-electron chi connectivity index (χ1n) is 4.14. The molecule has 60 valence electrons. The van der Waals surface area contributed by atoms with Crippen molar-refractivity contribution >= 4 is 0 Å². The van der Waals surface area contributed by atoms with Crippen molar-refractivity contribution in [1.29, 1.82) is 0 Å². The monoisotopic (exact) mass is 142 g/mol.